The molecule has 0 aliphatic carbocycles. The molecule has 1 aromatic heterocycles. The summed E-state index contributed by atoms with van der Waals surface area (Å²) in [6.07, 6.45) is 3.16. The van der Waals surface area contributed by atoms with Gasteiger partial charge in [0.1, 0.15) is 17.4 Å². The van der Waals surface area contributed by atoms with Crippen LogP contribution in [0.25, 0.3) is 11.0 Å². The van der Waals surface area contributed by atoms with Crippen molar-refractivity contribution in [2.75, 3.05) is 12.0 Å². The number of rotatable bonds is 5. The van der Waals surface area contributed by atoms with Crippen molar-refractivity contribution in [3.05, 3.63) is 29.6 Å². The van der Waals surface area contributed by atoms with Crippen LogP contribution in [0.4, 0.5) is 0 Å². The highest BCUT2D eigenvalue weighted by molar-refractivity contribution is 7.98. The third-order valence-corrected chi connectivity index (χ3v) is 4.24. The SMILES string of the molecule is CSCCC(C)n1c(C(C)Cl)nc2c(C#N)cccc21. The Morgan fingerprint density at radius 1 is 1.45 bits per heavy atom. The first kappa shape index (κ1) is 15.2. The third kappa shape index (κ3) is 2.79. The minimum Gasteiger partial charge on any atom is -0.324 e. The van der Waals surface area contributed by atoms with Crippen molar-refractivity contribution < 1.29 is 0 Å². The number of imidazole rings is 1. The minimum absolute atomic E-state index is 0.175. The number of hydrogen-bond donors (Lipinski definition) is 0. The number of nitrogens with zero attached hydrogens (tertiary/aromatic N) is 3. The zero-order valence-corrected chi connectivity index (χ0v) is 13.5. The van der Waals surface area contributed by atoms with Crippen LogP contribution in [-0.2, 0) is 0 Å². The molecule has 106 valence electrons. The molecule has 0 radical (unpaired) electrons. The van der Waals surface area contributed by atoms with E-state index < -0.39 is 0 Å². The predicted molar refractivity (Wildman–Crippen MR) is 86.4 cm³/mol. The molecule has 0 saturated carbocycles. The lowest BCUT2D eigenvalue weighted by molar-refractivity contribution is 0.526. The highest BCUT2D eigenvalue weighted by atomic mass is 35.5. The van der Waals surface area contributed by atoms with Crippen LogP contribution in [0.15, 0.2) is 18.2 Å². The van der Waals surface area contributed by atoms with Crippen molar-refractivity contribution in [3.63, 3.8) is 0 Å². The molecule has 3 nitrogen and oxygen atoms in total. The van der Waals surface area contributed by atoms with Gasteiger partial charge in [-0.25, -0.2) is 4.98 Å². The van der Waals surface area contributed by atoms with Gasteiger partial charge in [0.2, 0.25) is 0 Å². The van der Waals surface area contributed by atoms with Crippen molar-refractivity contribution in [2.24, 2.45) is 0 Å². The predicted octanol–water partition coefficient (Wildman–Crippen LogP) is 4.52. The van der Waals surface area contributed by atoms with Gasteiger partial charge < -0.3 is 4.57 Å². The molecule has 2 unspecified atom stereocenters. The van der Waals surface area contributed by atoms with Gasteiger partial charge >= 0.3 is 0 Å². The molecule has 0 spiro atoms. The molecule has 1 aromatic carbocycles. The molecule has 2 rings (SSSR count). The zero-order chi connectivity index (χ0) is 14.7. The lowest BCUT2D eigenvalue weighted by Crippen LogP contribution is -2.10. The molecule has 1 heterocycles. The molecule has 0 aliphatic rings. The topological polar surface area (TPSA) is 41.6 Å². The average molecular weight is 308 g/mol. The van der Waals surface area contributed by atoms with Crippen LogP contribution in [0.2, 0.25) is 0 Å². The summed E-state index contributed by atoms with van der Waals surface area (Å²) in [6.45, 7) is 4.10. The molecule has 0 N–H and O–H groups in total. The van der Waals surface area contributed by atoms with Crippen LogP contribution < -0.4 is 0 Å². The average Bonchev–Trinajstić information content (AvgIpc) is 2.84. The van der Waals surface area contributed by atoms with E-state index in [2.05, 4.69) is 28.8 Å². The molecular formula is C15H18ClN3S. The number of benzene rings is 1. The standard InChI is InChI=1S/C15H18ClN3S/c1-10(7-8-20-3)19-13-6-4-5-12(9-17)14(13)18-15(19)11(2)16/h4-6,10-11H,7-8H2,1-3H3. The Morgan fingerprint density at radius 3 is 2.80 bits per heavy atom. The van der Waals surface area contributed by atoms with Crippen molar-refractivity contribution in [3.8, 4) is 6.07 Å². The first-order valence-electron chi connectivity index (χ1n) is 6.64. The van der Waals surface area contributed by atoms with Gasteiger partial charge in [-0.3, -0.25) is 0 Å². The monoisotopic (exact) mass is 307 g/mol. The second-order valence-electron chi connectivity index (χ2n) is 4.87. The van der Waals surface area contributed by atoms with Crippen LogP contribution in [0.1, 0.15) is 43.1 Å². The molecule has 2 atom stereocenters. The summed E-state index contributed by atoms with van der Waals surface area (Å²) in [5.41, 5.74) is 2.37. The maximum atomic E-state index is 9.22. The molecule has 5 heteroatoms. The molecule has 0 fully saturated rings. The molecule has 0 saturated heterocycles. The van der Waals surface area contributed by atoms with Gasteiger partial charge in [-0.05, 0) is 44.4 Å². The van der Waals surface area contributed by atoms with E-state index in [4.69, 9.17) is 11.6 Å². The van der Waals surface area contributed by atoms with E-state index in [0.29, 0.717) is 11.6 Å². The van der Waals surface area contributed by atoms with Gasteiger partial charge in [0.05, 0.1) is 16.5 Å². The second kappa shape index (κ2) is 6.51. The van der Waals surface area contributed by atoms with E-state index in [1.165, 1.54) is 0 Å². The van der Waals surface area contributed by atoms with E-state index in [9.17, 15) is 5.26 Å². The highest BCUT2D eigenvalue weighted by Crippen LogP contribution is 2.30. The number of fused-ring (bicyclic) bond motifs is 1. The Balaban J connectivity index is 2.61. The maximum absolute atomic E-state index is 9.22. The van der Waals surface area contributed by atoms with E-state index >= 15 is 0 Å². The lowest BCUT2D eigenvalue weighted by Gasteiger charge is -2.18. The van der Waals surface area contributed by atoms with Crippen LogP contribution in [0.5, 0.6) is 0 Å². The fourth-order valence-electron chi connectivity index (χ4n) is 2.39. The van der Waals surface area contributed by atoms with Gasteiger partial charge in [-0.15, -0.1) is 11.6 Å². The number of alkyl halides is 1. The number of nitriles is 1. The van der Waals surface area contributed by atoms with Crippen molar-refractivity contribution in [1.29, 1.82) is 5.26 Å². The number of thioether (sulfide) groups is 1. The summed E-state index contributed by atoms with van der Waals surface area (Å²) < 4.78 is 2.18. The van der Waals surface area contributed by atoms with Crippen molar-refractivity contribution >= 4 is 34.4 Å². The molecule has 0 bridgehead atoms. The maximum Gasteiger partial charge on any atom is 0.128 e. The Labute approximate surface area is 128 Å². The number of aromatic nitrogens is 2. The lowest BCUT2D eigenvalue weighted by atomic mass is 10.2. The Hall–Kier alpha value is -1.18. The van der Waals surface area contributed by atoms with Gasteiger partial charge in [0.25, 0.3) is 0 Å². The summed E-state index contributed by atoms with van der Waals surface area (Å²) >= 11 is 8.12. The van der Waals surface area contributed by atoms with Gasteiger partial charge in [0, 0.05) is 6.04 Å². The zero-order valence-electron chi connectivity index (χ0n) is 11.9. The third-order valence-electron chi connectivity index (χ3n) is 3.40. The van der Waals surface area contributed by atoms with Gasteiger partial charge in [-0.1, -0.05) is 6.07 Å². The van der Waals surface area contributed by atoms with E-state index in [0.717, 1.165) is 29.0 Å². The molecular weight excluding hydrogens is 290 g/mol. The largest absolute Gasteiger partial charge is 0.324 e. The number of hydrogen-bond acceptors (Lipinski definition) is 3. The van der Waals surface area contributed by atoms with Crippen molar-refractivity contribution in [2.45, 2.75) is 31.7 Å². The Bertz CT molecular complexity index is 642. The molecule has 0 amide bonds. The van der Waals surface area contributed by atoms with Crippen LogP contribution in [0, 0.1) is 11.3 Å². The Kier molecular flexibility index (Phi) is 4.95. The smallest absolute Gasteiger partial charge is 0.128 e. The van der Waals surface area contributed by atoms with Crippen molar-refractivity contribution in [1.82, 2.24) is 9.55 Å². The van der Waals surface area contributed by atoms with Gasteiger partial charge in [-0.2, -0.15) is 17.0 Å². The molecule has 20 heavy (non-hydrogen) atoms. The quantitative estimate of drug-likeness (QED) is 0.762. The Morgan fingerprint density at radius 2 is 2.20 bits per heavy atom. The second-order valence-corrected chi connectivity index (χ2v) is 6.51. The van der Waals surface area contributed by atoms with E-state index in [1.807, 2.05) is 30.8 Å². The van der Waals surface area contributed by atoms with Gasteiger partial charge in [0.15, 0.2) is 0 Å². The summed E-state index contributed by atoms with van der Waals surface area (Å²) in [7, 11) is 0. The minimum atomic E-state index is -0.175. The fourth-order valence-corrected chi connectivity index (χ4v) is 3.12. The summed E-state index contributed by atoms with van der Waals surface area (Å²) in [6, 6.07) is 8.25. The highest BCUT2D eigenvalue weighted by Gasteiger charge is 2.20. The summed E-state index contributed by atoms with van der Waals surface area (Å²) in [4.78, 5) is 4.61. The number of para-hydroxylation sites is 1. The number of halogens is 1. The summed E-state index contributed by atoms with van der Waals surface area (Å²) in [5.74, 6) is 1.94. The first-order valence-corrected chi connectivity index (χ1v) is 8.47. The van der Waals surface area contributed by atoms with E-state index in [1.54, 1.807) is 6.07 Å². The van der Waals surface area contributed by atoms with Crippen LogP contribution in [0.3, 0.4) is 0 Å². The molecule has 0 aliphatic heterocycles. The fraction of sp³-hybridized carbons (Fsp3) is 0.467. The molecule has 2 aromatic rings. The van der Waals surface area contributed by atoms with Crippen LogP contribution in [-0.4, -0.2) is 21.6 Å². The first-order chi connectivity index (χ1) is 9.60. The van der Waals surface area contributed by atoms with Crippen LogP contribution >= 0.6 is 23.4 Å². The summed E-state index contributed by atoms with van der Waals surface area (Å²) in [5, 5.41) is 9.04. The van der Waals surface area contributed by atoms with E-state index in [-0.39, 0.29) is 5.38 Å². The normalized spacial score (nSPS) is 14.2.